The Hall–Kier alpha value is -3.80. The van der Waals surface area contributed by atoms with E-state index in [2.05, 4.69) is 5.32 Å². The van der Waals surface area contributed by atoms with Crippen LogP contribution < -0.4 is 10.1 Å². The molecular weight excluding hydrogens is 442 g/mol. The molecule has 0 aliphatic carbocycles. The van der Waals surface area contributed by atoms with Crippen LogP contribution in [-0.4, -0.2) is 35.2 Å². The molecule has 6 heteroatoms. The zero-order valence-electron chi connectivity index (χ0n) is 20.5. The Bertz CT molecular complexity index is 1100. The molecule has 3 rings (SSSR count). The molecule has 0 unspecified atom stereocenters. The molecule has 1 atom stereocenters. The van der Waals surface area contributed by atoms with Crippen LogP contribution in [0.4, 0.5) is 0 Å². The molecule has 35 heavy (non-hydrogen) atoms. The summed E-state index contributed by atoms with van der Waals surface area (Å²) in [5.41, 5.74) is 1.87. The fourth-order valence-corrected chi connectivity index (χ4v) is 3.50. The molecule has 3 aromatic carbocycles. The zero-order valence-corrected chi connectivity index (χ0v) is 20.5. The van der Waals surface area contributed by atoms with Crippen LogP contribution in [-0.2, 0) is 22.4 Å². The van der Waals surface area contributed by atoms with E-state index in [-0.39, 0.29) is 11.7 Å². The van der Waals surface area contributed by atoms with Gasteiger partial charge in [-0.05, 0) is 75.1 Å². The van der Waals surface area contributed by atoms with Crippen molar-refractivity contribution >= 4 is 11.9 Å². The van der Waals surface area contributed by atoms with Crippen molar-refractivity contribution < 1.29 is 24.2 Å². The van der Waals surface area contributed by atoms with Gasteiger partial charge in [-0.3, -0.25) is 4.79 Å². The minimum atomic E-state index is -0.777. The topological polar surface area (TPSA) is 84.9 Å². The summed E-state index contributed by atoms with van der Waals surface area (Å²) in [4.78, 5) is 25.9. The lowest BCUT2D eigenvalue weighted by atomic mass is 10.0. The smallest absolute Gasteiger partial charge is 0.329 e. The highest BCUT2D eigenvalue weighted by atomic mass is 16.6. The normalized spacial score (nSPS) is 12.0. The molecule has 0 saturated heterocycles. The number of hydrogen-bond acceptors (Lipinski definition) is 5. The summed E-state index contributed by atoms with van der Waals surface area (Å²) in [6.07, 6.45) is 1.72. The average molecular weight is 476 g/mol. The first-order valence-corrected chi connectivity index (χ1v) is 11.8. The first kappa shape index (κ1) is 25.8. The van der Waals surface area contributed by atoms with E-state index in [0.717, 1.165) is 11.1 Å². The molecule has 0 aromatic heterocycles. The number of nitrogens with one attached hydrogen (secondary N) is 1. The third-order valence-corrected chi connectivity index (χ3v) is 5.25. The van der Waals surface area contributed by atoms with E-state index < -0.39 is 17.6 Å². The van der Waals surface area contributed by atoms with Crippen LogP contribution in [0.2, 0.25) is 0 Å². The standard InChI is InChI=1S/C29H33NO5/c1-29(2,3)35-28(33)26(17-14-21-8-5-4-6-9-21)30-27(32)23-10-7-11-25(20-23)34-19-18-22-12-15-24(31)16-13-22/h4-13,15-16,20,26,31H,14,17-19H2,1-3H3,(H,30,32)/t26-/m0/s1. The van der Waals surface area contributed by atoms with Gasteiger partial charge in [0.1, 0.15) is 23.1 Å². The van der Waals surface area contributed by atoms with Crippen molar-refractivity contribution in [2.24, 2.45) is 0 Å². The second kappa shape index (κ2) is 12.1. The Morgan fingerprint density at radius 3 is 2.26 bits per heavy atom. The van der Waals surface area contributed by atoms with Crippen molar-refractivity contribution in [3.8, 4) is 11.5 Å². The molecule has 1 amide bonds. The first-order chi connectivity index (χ1) is 16.7. The number of ether oxygens (including phenoxy) is 2. The maximum absolute atomic E-state index is 13.0. The quantitative estimate of drug-likeness (QED) is 0.399. The van der Waals surface area contributed by atoms with Crippen LogP contribution in [0, 0.1) is 0 Å². The molecule has 3 aromatic rings. The van der Waals surface area contributed by atoms with E-state index in [0.29, 0.717) is 37.2 Å². The van der Waals surface area contributed by atoms with E-state index in [1.165, 1.54) is 0 Å². The Labute approximate surface area is 206 Å². The van der Waals surface area contributed by atoms with E-state index in [1.807, 2.05) is 42.5 Å². The Kier molecular flexibility index (Phi) is 8.90. The van der Waals surface area contributed by atoms with Crippen LogP contribution in [0.15, 0.2) is 78.9 Å². The van der Waals surface area contributed by atoms with Gasteiger partial charge >= 0.3 is 5.97 Å². The fourth-order valence-electron chi connectivity index (χ4n) is 3.50. The van der Waals surface area contributed by atoms with Gasteiger partial charge in [-0.25, -0.2) is 4.79 Å². The first-order valence-electron chi connectivity index (χ1n) is 11.8. The van der Waals surface area contributed by atoms with Crippen molar-refractivity contribution in [3.63, 3.8) is 0 Å². The highest BCUT2D eigenvalue weighted by Gasteiger charge is 2.27. The average Bonchev–Trinajstić information content (AvgIpc) is 2.82. The lowest BCUT2D eigenvalue weighted by Gasteiger charge is -2.24. The summed E-state index contributed by atoms with van der Waals surface area (Å²) in [5.74, 6) is -0.0302. The number of aryl methyl sites for hydroxylation is 1. The second-order valence-electron chi connectivity index (χ2n) is 9.38. The van der Waals surface area contributed by atoms with Crippen molar-refractivity contribution in [2.45, 2.75) is 51.7 Å². The Balaban J connectivity index is 1.62. The van der Waals surface area contributed by atoms with Crippen LogP contribution in [0.3, 0.4) is 0 Å². The monoisotopic (exact) mass is 475 g/mol. The number of benzene rings is 3. The number of amides is 1. The molecule has 0 aliphatic heterocycles. The fraction of sp³-hybridized carbons (Fsp3) is 0.310. The number of carbonyl (C=O) groups is 2. The van der Waals surface area contributed by atoms with Crippen molar-refractivity contribution in [3.05, 3.63) is 95.6 Å². The molecule has 184 valence electrons. The van der Waals surface area contributed by atoms with E-state index >= 15 is 0 Å². The summed E-state index contributed by atoms with van der Waals surface area (Å²) in [6.45, 7) is 5.84. The summed E-state index contributed by atoms with van der Waals surface area (Å²) >= 11 is 0. The van der Waals surface area contributed by atoms with E-state index in [9.17, 15) is 14.7 Å². The lowest BCUT2D eigenvalue weighted by molar-refractivity contribution is -0.157. The minimum absolute atomic E-state index is 0.224. The van der Waals surface area contributed by atoms with E-state index in [4.69, 9.17) is 9.47 Å². The lowest BCUT2D eigenvalue weighted by Crippen LogP contribution is -2.44. The highest BCUT2D eigenvalue weighted by molar-refractivity contribution is 5.97. The summed E-state index contributed by atoms with van der Waals surface area (Å²) < 4.78 is 11.4. The number of phenolic OH excluding ortho intramolecular Hbond substituents is 1. The third-order valence-electron chi connectivity index (χ3n) is 5.25. The van der Waals surface area contributed by atoms with Crippen LogP contribution in [0.5, 0.6) is 11.5 Å². The van der Waals surface area contributed by atoms with Gasteiger partial charge in [0.2, 0.25) is 0 Å². The molecule has 0 fully saturated rings. The predicted octanol–water partition coefficient (Wildman–Crippen LogP) is 5.09. The molecule has 0 bridgehead atoms. The Morgan fingerprint density at radius 1 is 0.886 bits per heavy atom. The van der Waals surface area contributed by atoms with Gasteiger partial charge in [-0.1, -0.05) is 48.5 Å². The van der Waals surface area contributed by atoms with E-state index in [1.54, 1.807) is 57.2 Å². The maximum atomic E-state index is 13.0. The van der Waals surface area contributed by atoms with Crippen LogP contribution >= 0.6 is 0 Å². The minimum Gasteiger partial charge on any atom is -0.508 e. The molecular formula is C29H33NO5. The van der Waals surface area contributed by atoms with Crippen LogP contribution in [0.1, 0.15) is 48.7 Å². The number of aromatic hydroxyl groups is 1. The van der Waals surface area contributed by atoms with Gasteiger partial charge in [0, 0.05) is 12.0 Å². The van der Waals surface area contributed by atoms with Crippen molar-refractivity contribution in [2.75, 3.05) is 6.61 Å². The molecule has 2 N–H and O–H groups in total. The maximum Gasteiger partial charge on any atom is 0.329 e. The number of rotatable bonds is 10. The van der Waals surface area contributed by atoms with Crippen molar-refractivity contribution in [1.82, 2.24) is 5.32 Å². The third kappa shape index (κ3) is 8.81. The number of hydrogen-bond donors (Lipinski definition) is 2. The van der Waals surface area contributed by atoms with Gasteiger partial charge < -0.3 is 19.9 Å². The number of phenols is 1. The summed E-state index contributed by atoms with van der Waals surface area (Å²) in [7, 11) is 0. The molecule has 0 spiro atoms. The van der Waals surface area contributed by atoms with Gasteiger partial charge in [0.25, 0.3) is 5.91 Å². The second-order valence-corrected chi connectivity index (χ2v) is 9.38. The van der Waals surface area contributed by atoms with Crippen molar-refractivity contribution in [1.29, 1.82) is 0 Å². The summed E-state index contributed by atoms with van der Waals surface area (Å²) in [6, 6.07) is 22.9. The molecule has 0 aliphatic rings. The number of esters is 1. The largest absolute Gasteiger partial charge is 0.508 e. The van der Waals surface area contributed by atoms with Gasteiger partial charge in [0.05, 0.1) is 6.61 Å². The molecule has 0 heterocycles. The molecule has 6 nitrogen and oxygen atoms in total. The van der Waals surface area contributed by atoms with Gasteiger partial charge in [-0.2, -0.15) is 0 Å². The molecule has 0 saturated carbocycles. The molecule has 0 radical (unpaired) electrons. The zero-order chi connectivity index (χ0) is 25.3. The predicted molar refractivity (Wildman–Crippen MR) is 136 cm³/mol. The van der Waals surface area contributed by atoms with Gasteiger partial charge in [0.15, 0.2) is 0 Å². The van der Waals surface area contributed by atoms with Gasteiger partial charge in [-0.15, -0.1) is 0 Å². The van der Waals surface area contributed by atoms with Crippen LogP contribution in [0.25, 0.3) is 0 Å². The summed E-state index contributed by atoms with van der Waals surface area (Å²) in [5, 5.41) is 12.2. The Morgan fingerprint density at radius 2 is 1.57 bits per heavy atom. The highest BCUT2D eigenvalue weighted by Crippen LogP contribution is 2.17. The SMILES string of the molecule is CC(C)(C)OC(=O)[C@H](CCc1ccccc1)NC(=O)c1cccc(OCCc2ccc(O)cc2)c1. The number of carbonyl (C=O) groups excluding carboxylic acids is 2.